The fraction of sp³-hybridized carbons (Fsp3) is 0.667. The van der Waals surface area contributed by atoms with Gasteiger partial charge in [-0.1, -0.05) is 11.3 Å². The summed E-state index contributed by atoms with van der Waals surface area (Å²) in [7, 11) is -3.28. The summed E-state index contributed by atoms with van der Waals surface area (Å²) in [4.78, 5) is 13.3. The third kappa shape index (κ3) is 3.38. The number of nitrogens with one attached hydrogen (secondary N) is 3. The summed E-state index contributed by atoms with van der Waals surface area (Å²) in [5.74, 6) is 0. The maximum Gasteiger partial charge on any atom is 0.304 e. The zero-order valence-corrected chi connectivity index (χ0v) is 10.9. The molecule has 0 atom stereocenters. The van der Waals surface area contributed by atoms with Crippen LogP contribution in [-0.2, 0) is 16.6 Å². The molecular weight excluding hydrogens is 262 g/mol. The fourth-order valence-electron chi connectivity index (χ4n) is 1.80. The lowest BCUT2D eigenvalue weighted by Crippen LogP contribution is -2.41. The van der Waals surface area contributed by atoms with Crippen molar-refractivity contribution in [3.05, 3.63) is 20.7 Å². The number of aromatic nitrogens is 1. The molecule has 17 heavy (non-hydrogen) atoms. The Bertz CT molecular complexity index is 514. The van der Waals surface area contributed by atoms with E-state index in [0.29, 0.717) is 18.5 Å². The summed E-state index contributed by atoms with van der Waals surface area (Å²) in [5.41, 5.74) is 0.609. The van der Waals surface area contributed by atoms with Crippen molar-refractivity contribution in [1.82, 2.24) is 15.0 Å². The molecule has 0 saturated carbocycles. The van der Waals surface area contributed by atoms with Crippen LogP contribution in [-0.4, -0.2) is 31.7 Å². The Morgan fingerprint density at radius 3 is 2.71 bits per heavy atom. The summed E-state index contributed by atoms with van der Waals surface area (Å²) in [5, 5.41) is 4.43. The second kappa shape index (κ2) is 5.30. The molecule has 0 radical (unpaired) electrons. The molecule has 1 saturated heterocycles. The minimum Gasteiger partial charge on any atom is -0.317 e. The molecule has 0 bridgehead atoms. The van der Waals surface area contributed by atoms with Crippen molar-refractivity contribution in [2.75, 3.05) is 13.1 Å². The van der Waals surface area contributed by atoms with Crippen LogP contribution in [0.4, 0.5) is 0 Å². The van der Waals surface area contributed by atoms with Crippen LogP contribution in [0, 0.1) is 0 Å². The number of hydrogen-bond acceptors (Lipinski definition) is 5. The minimum atomic E-state index is -3.28. The van der Waals surface area contributed by atoms with E-state index in [4.69, 9.17) is 0 Å². The number of thiazole rings is 1. The lowest BCUT2D eigenvalue weighted by Gasteiger charge is -2.22. The number of piperidine rings is 1. The SMILES string of the molecule is O=c1[nH]c(CNS(=O)(=O)C2CCNCC2)cs1. The van der Waals surface area contributed by atoms with E-state index >= 15 is 0 Å². The van der Waals surface area contributed by atoms with E-state index in [2.05, 4.69) is 15.0 Å². The second-order valence-electron chi connectivity index (χ2n) is 3.99. The highest BCUT2D eigenvalue weighted by Crippen LogP contribution is 2.12. The second-order valence-corrected chi connectivity index (χ2v) is 6.88. The fourth-order valence-corrected chi connectivity index (χ4v) is 3.83. The Hall–Kier alpha value is -0.700. The molecule has 2 heterocycles. The highest BCUT2D eigenvalue weighted by atomic mass is 32.2. The monoisotopic (exact) mass is 277 g/mol. The first kappa shape index (κ1) is 12.7. The molecule has 6 nitrogen and oxygen atoms in total. The summed E-state index contributed by atoms with van der Waals surface area (Å²) >= 11 is 1.03. The van der Waals surface area contributed by atoms with Crippen molar-refractivity contribution in [1.29, 1.82) is 0 Å². The first-order chi connectivity index (χ1) is 8.08. The molecule has 1 aliphatic heterocycles. The highest BCUT2D eigenvalue weighted by Gasteiger charge is 2.26. The summed E-state index contributed by atoms with van der Waals surface area (Å²) in [6, 6.07) is 0. The van der Waals surface area contributed by atoms with Gasteiger partial charge in [0.1, 0.15) is 0 Å². The number of sulfonamides is 1. The van der Waals surface area contributed by atoms with E-state index in [0.717, 1.165) is 24.4 Å². The van der Waals surface area contributed by atoms with Gasteiger partial charge >= 0.3 is 4.87 Å². The van der Waals surface area contributed by atoms with Crippen molar-refractivity contribution in [2.24, 2.45) is 0 Å². The van der Waals surface area contributed by atoms with Gasteiger partial charge in [-0.3, -0.25) is 4.79 Å². The average Bonchev–Trinajstić information content (AvgIpc) is 2.74. The quantitative estimate of drug-likeness (QED) is 0.699. The highest BCUT2D eigenvalue weighted by molar-refractivity contribution is 7.90. The van der Waals surface area contributed by atoms with Crippen molar-refractivity contribution >= 4 is 21.4 Å². The third-order valence-electron chi connectivity index (χ3n) is 2.76. The van der Waals surface area contributed by atoms with Crippen molar-refractivity contribution in [2.45, 2.75) is 24.6 Å². The Morgan fingerprint density at radius 2 is 2.12 bits per heavy atom. The first-order valence-corrected chi connectivity index (χ1v) is 7.86. The van der Waals surface area contributed by atoms with Gasteiger partial charge in [0.25, 0.3) is 0 Å². The Balaban J connectivity index is 1.95. The Kier molecular flexibility index (Phi) is 3.97. The van der Waals surface area contributed by atoms with Crippen molar-refractivity contribution < 1.29 is 8.42 Å². The lowest BCUT2D eigenvalue weighted by molar-refractivity contribution is 0.489. The van der Waals surface area contributed by atoms with Gasteiger partial charge in [0, 0.05) is 11.1 Å². The molecule has 1 aromatic heterocycles. The minimum absolute atomic E-state index is 0.158. The third-order valence-corrected chi connectivity index (χ3v) is 5.37. The van der Waals surface area contributed by atoms with Crippen LogP contribution in [0.25, 0.3) is 0 Å². The van der Waals surface area contributed by atoms with Gasteiger partial charge in [-0.25, -0.2) is 13.1 Å². The van der Waals surface area contributed by atoms with Crippen LogP contribution in [0.15, 0.2) is 10.2 Å². The van der Waals surface area contributed by atoms with E-state index in [-0.39, 0.29) is 16.7 Å². The molecule has 0 amide bonds. The number of aromatic amines is 1. The number of hydrogen-bond donors (Lipinski definition) is 3. The number of H-pyrrole nitrogens is 1. The normalized spacial score (nSPS) is 18.4. The van der Waals surface area contributed by atoms with Gasteiger partial charge in [0.15, 0.2) is 0 Å². The molecule has 96 valence electrons. The Labute approximate surface area is 103 Å². The van der Waals surface area contributed by atoms with E-state index < -0.39 is 10.0 Å². The lowest BCUT2D eigenvalue weighted by atomic mass is 10.2. The number of rotatable bonds is 4. The zero-order valence-electron chi connectivity index (χ0n) is 9.23. The van der Waals surface area contributed by atoms with E-state index in [1.54, 1.807) is 5.38 Å². The molecule has 8 heteroatoms. The van der Waals surface area contributed by atoms with Gasteiger partial charge in [0.05, 0.1) is 11.8 Å². The van der Waals surface area contributed by atoms with Crippen molar-refractivity contribution in [3.63, 3.8) is 0 Å². The zero-order chi connectivity index (χ0) is 12.3. The van der Waals surface area contributed by atoms with Gasteiger partial charge in [-0.2, -0.15) is 0 Å². The van der Waals surface area contributed by atoms with Crippen LogP contribution in [0.3, 0.4) is 0 Å². The molecule has 0 spiro atoms. The first-order valence-electron chi connectivity index (χ1n) is 5.44. The van der Waals surface area contributed by atoms with Crippen LogP contribution < -0.4 is 14.9 Å². The van der Waals surface area contributed by atoms with E-state index in [9.17, 15) is 13.2 Å². The molecule has 1 aliphatic rings. The predicted molar refractivity (Wildman–Crippen MR) is 66.6 cm³/mol. The van der Waals surface area contributed by atoms with Gasteiger partial charge < -0.3 is 10.3 Å². The van der Waals surface area contributed by atoms with Gasteiger partial charge in [-0.15, -0.1) is 0 Å². The standard InChI is InChI=1S/C9H15N3O3S2/c13-9-12-7(6-16-9)5-11-17(14,15)8-1-3-10-4-2-8/h6,8,10-11H,1-5H2,(H,12,13). The maximum absolute atomic E-state index is 11.9. The van der Waals surface area contributed by atoms with Crippen LogP contribution in [0.5, 0.6) is 0 Å². The molecule has 3 N–H and O–H groups in total. The van der Waals surface area contributed by atoms with Gasteiger partial charge in [0.2, 0.25) is 10.0 Å². The maximum atomic E-state index is 11.9. The topological polar surface area (TPSA) is 91.1 Å². The average molecular weight is 277 g/mol. The van der Waals surface area contributed by atoms with Crippen LogP contribution in [0.2, 0.25) is 0 Å². The molecule has 1 aromatic rings. The summed E-state index contributed by atoms with van der Waals surface area (Å²) < 4.78 is 26.4. The molecule has 0 unspecified atom stereocenters. The van der Waals surface area contributed by atoms with E-state index in [1.807, 2.05) is 0 Å². The largest absolute Gasteiger partial charge is 0.317 e. The van der Waals surface area contributed by atoms with Crippen LogP contribution >= 0.6 is 11.3 Å². The molecule has 1 fully saturated rings. The van der Waals surface area contributed by atoms with E-state index in [1.165, 1.54) is 0 Å². The molecule has 0 aromatic carbocycles. The molecule has 2 rings (SSSR count). The van der Waals surface area contributed by atoms with Crippen molar-refractivity contribution in [3.8, 4) is 0 Å². The van der Waals surface area contributed by atoms with Crippen LogP contribution in [0.1, 0.15) is 18.5 Å². The predicted octanol–water partition coefficient (Wildman–Crippen LogP) is -0.392. The molecule has 0 aliphatic carbocycles. The summed E-state index contributed by atoms with van der Waals surface area (Å²) in [6.07, 6.45) is 1.27. The van der Waals surface area contributed by atoms with Gasteiger partial charge in [-0.05, 0) is 25.9 Å². The molecular formula is C9H15N3O3S2. The smallest absolute Gasteiger partial charge is 0.304 e. The summed E-state index contributed by atoms with van der Waals surface area (Å²) in [6.45, 7) is 1.63. The Morgan fingerprint density at radius 1 is 1.41 bits per heavy atom.